The molecule has 0 bridgehead atoms. The van der Waals surface area contributed by atoms with Gasteiger partial charge in [-0.15, -0.1) is 0 Å². The van der Waals surface area contributed by atoms with E-state index in [0.717, 1.165) is 31.2 Å². The number of urea groups is 1. The van der Waals surface area contributed by atoms with E-state index in [1.807, 2.05) is 20.8 Å². The fourth-order valence-electron chi connectivity index (χ4n) is 3.88. The molecular weight excluding hydrogens is 416 g/mol. The zero-order valence-corrected chi connectivity index (χ0v) is 19.8. The van der Waals surface area contributed by atoms with Crippen LogP contribution in [0, 0.1) is 0 Å². The number of nitrogens with one attached hydrogen (secondary N) is 3. The molecule has 0 aromatic heterocycles. The first-order valence-corrected chi connectivity index (χ1v) is 12.6. The molecule has 1 aliphatic carbocycles. The molecule has 31 heavy (non-hydrogen) atoms. The molecular formula is C22H36N4O4S. The van der Waals surface area contributed by atoms with Gasteiger partial charge in [0.2, 0.25) is 15.9 Å². The van der Waals surface area contributed by atoms with E-state index in [1.54, 1.807) is 31.2 Å². The Kier molecular flexibility index (Phi) is 9.46. The zero-order valence-electron chi connectivity index (χ0n) is 19.0. The molecule has 1 aromatic carbocycles. The summed E-state index contributed by atoms with van der Waals surface area (Å²) in [6.07, 6.45) is 5.30. The third-order valence-corrected chi connectivity index (χ3v) is 7.86. The third kappa shape index (κ3) is 7.02. The molecule has 0 aliphatic heterocycles. The van der Waals surface area contributed by atoms with Gasteiger partial charge in [-0.25, -0.2) is 13.2 Å². The maximum absolute atomic E-state index is 12.6. The van der Waals surface area contributed by atoms with Crippen LogP contribution in [0.15, 0.2) is 29.2 Å². The summed E-state index contributed by atoms with van der Waals surface area (Å²) < 4.78 is 26.6. The van der Waals surface area contributed by atoms with E-state index in [2.05, 4.69) is 16.0 Å². The van der Waals surface area contributed by atoms with E-state index < -0.39 is 28.0 Å². The summed E-state index contributed by atoms with van der Waals surface area (Å²) in [5, 5.41) is 8.43. The molecule has 1 aromatic rings. The van der Waals surface area contributed by atoms with Gasteiger partial charge in [-0.05, 0) is 44.4 Å². The first kappa shape index (κ1) is 25.3. The fraction of sp³-hybridized carbons (Fsp3) is 0.636. The molecule has 3 N–H and O–H groups in total. The largest absolute Gasteiger partial charge is 0.335 e. The van der Waals surface area contributed by atoms with E-state index in [1.165, 1.54) is 10.7 Å². The Balaban J connectivity index is 1.90. The van der Waals surface area contributed by atoms with Crippen LogP contribution in [0.3, 0.4) is 0 Å². The first-order chi connectivity index (χ1) is 14.7. The number of nitrogens with zero attached hydrogens (tertiary/aromatic N) is 1. The molecule has 1 aliphatic rings. The van der Waals surface area contributed by atoms with Crippen LogP contribution in [0.5, 0.6) is 0 Å². The van der Waals surface area contributed by atoms with Gasteiger partial charge in [0, 0.05) is 25.2 Å². The normalized spacial score (nSPS) is 17.2. The Labute approximate surface area is 186 Å². The summed E-state index contributed by atoms with van der Waals surface area (Å²) in [5.41, 5.74) is 0.852. The van der Waals surface area contributed by atoms with Crippen LogP contribution >= 0.6 is 0 Å². The smallest absolute Gasteiger partial charge is 0.321 e. The molecule has 9 heteroatoms. The van der Waals surface area contributed by atoms with E-state index in [9.17, 15) is 18.0 Å². The number of benzene rings is 1. The lowest BCUT2D eigenvalue weighted by molar-refractivity contribution is -0.121. The minimum Gasteiger partial charge on any atom is -0.335 e. The number of hydrogen-bond acceptors (Lipinski definition) is 5. The highest BCUT2D eigenvalue weighted by Crippen LogP contribution is 2.20. The highest BCUT2D eigenvalue weighted by atomic mass is 32.2. The maximum atomic E-state index is 12.6. The Morgan fingerprint density at radius 2 is 1.61 bits per heavy atom. The molecule has 8 nitrogen and oxygen atoms in total. The minimum atomic E-state index is -3.50. The summed E-state index contributed by atoms with van der Waals surface area (Å²) in [7, 11) is -3.50. The van der Waals surface area contributed by atoms with Crippen molar-refractivity contribution in [1.82, 2.24) is 20.3 Å². The van der Waals surface area contributed by atoms with Crippen molar-refractivity contribution in [2.45, 2.75) is 82.8 Å². The van der Waals surface area contributed by atoms with Gasteiger partial charge in [0.05, 0.1) is 10.9 Å². The van der Waals surface area contributed by atoms with Crippen LogP contribution in [0.4, 0.5) is 4.79 Å². The average Bonchev–Trinajstić information content (AvgIpc) is 2.75. The Bertz CT molecular complexity index is 832. The molecule has 0 spiro atoms. The van der Waals surface area contributed by atoms with Crippen molar-refractivity contribution in [3.8, 4) is 0 Å². The summed E-state index contributed by atoms with van der Waals surface area (Å²) >= 11 is 0. The zero-order chi connectivity index (χ0) is 23.0. The van der Waals surface area contributed by atoms with E-state index in [4.69, 9.17) is 0 Å². The van der Waals surface area contributed by atoms with Crippen molar-refractivity contribution in [2.24, 2.45) is 0 Å². The second-order valence-corrected chi connectivity index (χ2v) is 10.0. The van der Waals surface area contributed by atoms with Crippen molar-refractivity contribution in [3.05, 3.63) is 29.8 Å². The number of sulfonamides is 1. The predicted octanol–water partition coefficient (Wildman–Crippen LogP) is 2.91. The molecule has 2 unspecified atom stereocenters. The summed E-state index contributed by atoms with van der Waals surface area (Å²) in [6.45, 7) is 8.03. The number of carbonyl (C=O) groups is 2. The number of rotatable bonds is 9. The van der Waals surface area contributed by atoms with Crippen LogP contribution in [0.1, 0.15) is 71.4 Å². The fourth-order valence-corrected chi connectivity index (χ4v) is 5.33. The summed E-state index contributed by atoms with van der Waals surface area (Å²) in [6, 6.07) is 5.55. The van der Waals surface area contributed by atoms with Crippen molar-refractivity contribution in [3.63, 3.8) is 0 Å². The molecule has 174 valence electrons. The van der Waals surface area contributed by atoms with Gasteiger partial charge in [-0.2, -0.15) is 4.31 Å². The van der Waals surface area contributed by atoms with Crippen LogP contribution in [0.25, 0.3) is 0 Å². The molecule has 0 radical (unpaired) electrons. The monoisotopic (exact) mass is 452 g/mol. The maximum Gasteiger partial charge on any atom is 0.321 e. The molecule has 3 amide bonds. The number of carbonyl (C=O) groups excluding carboxylic acids is 2. The van der Waals surface area contributed by atoms with Gasteiger partial charge >= 0.3 is 6.03 Å². The van der Waals surface area contributed by atoms with Gasteiger partial charge in [0.1, 0.15) is 0 Å². The lowest BCUT2D eigenvalue weighted by atomic mass is 9.96. The van der Waals surface area contributed by atoms with Crippen molar-refractivity contribution in [1.29, 1.82) is 0 Å². The van der Waals surface area contributed by atoms with Gasteiger partial charge < -0.3 is 5.32 Å². The third-order valence-electron chi connectivity index (χ3n) is 5.79. The van der Waals surface area contributed by atoms with Crippen LogP contribution in [-0.4, -0.2) is 49.8 Å². The molecule has 0 saturated heterocycles. The Morgan fingerprint density at radius 1 is 1.03 bits per heavy atom. The molecule has 2 rings (SSSR count). The number of amides is 3. The minimum absolute atomic E-state index is 0.134. The second kappa shape index (κ2) is 11.6. The summed E-state index contributed by atoms with van der Waals surface area (Å²) in [5.74, 6) is -0.402. The van der Waals surface area contributed by atoms with Crippen molar-refractivity contribution in [2.75, 3.05) is 13.1 Å². The SMILES string of the molecule is CCN(CC)S(=O)(=O)c1ccc(C(C)NC(C)C(=O)NC(=O)NC2CCCCC2)cc1. The number of imide groups is 1. The van der Waals surface area contributed by atoms with E-state index in [0.29, 0.717) is 13.1 Å². The predicted molar refractivity (Wildman–Crippen MR) is 121 cm³/mol. The van der Waals surface area contributed by atoms with Crippen molar-refractivity contribution < 1.29 is 18.0 Å². The van der Waals surface area contributed by atoms with Gasteiger partial charge in [0.25, 0.3) is 0 Å². The lowest BCUT2D eigenvalue weighted by Gasteiger charge is -2.24. The van der Waals surface area contributed by atoms with E-state index in [-0.39, 0.29) is 17.0 Å². The van der Waals surface area contributed by atoms with Crippen LogP contribution < -0.4 is 16.0 Å². The molecule has 2 atom stereocenters. The highest BCUT2D eigenvalue weighted by Gasteiger charge is 2.23. The van der Waals surface area contributed by atoms with E-state index >= 15 is 0 Å². The first-order valence-electron chi connectivity index (χ1n) is 11.2. The van der Waals surface area contributed by atoms with Gasteiger partial charge in [0.15, 0.2) is 0 Å². The van der Waals surface area contributed by atoms with Crippen molar-refractivity contribution >= 4 is 22.0 Å². The summed E-state index contributed by atoms with van der Waals surface area (Å²) in [4.78, 5) is 24.7. The Morgan fingerprint density at radius 3 is 2.16 bits per heavy atom. The highest BCUT2D eigenvalue weighted by molar-refractivity contribution is 7.89. The van der Waals surface area contributed by atoms with Crippen LogP contribution in [-0.2, 0) is 14.8 Å². The number of hydrogen-bond donors (Lipinski definition) is 3. The van der Waals surface area contributed by atoms with Gasteiger partial charge in [-0.3, -0.25) is 15.4 Å². The molecule has 1 saturated carbocycles. The lowest BCUT2D eigenvalue weighted by Crippen LogP contribution is -2.50. The molecule has 0 heterocycles. The molecule has 1 fully saturated rings. The quantitative estimate of drug-likeness (QED) is 0.534. The second-order valence-electron chi connectivity index (χ2n) is 8.07. The standard InChI is InChI=1S/C22H36N4O4S/c1-5-26(6-2)31(29,30)20-14-12-18(13-15-20)16(3)23-17(4)21(27)25-22(28)24-19-10-8-7-9-11-19/h12-17,19,23H,5-11H2,1-4H3,(H2,24,25,27,28). The average molecular weight is 453 g/mol. The topological polar surface area (TPSA) is 108 Å². The van der Waals surface area contributed by atoms with Crippen LogP contribution in [0.2, 0.25) is 0 Å². The Hall–Kier alpha value is -1.97. The van der Waals surface area contributed by atoms with Gasteiger partial charge in [-0.1, -0.05) is 45.2 Å².